The lowest BCUT2D eigenvalue weighted by Crippen LogP contribution is -2.57. The SMILES string of the molecule is O=C(Nc1nccs1)[C@H](Cc1ccccc1)N1C(=O)[C@@H]2[C@H](C1=O)C1(Cl)c3ccccc3C2(Cl)c2ccccc21. The molecule has 0 unspecified atom stereocenters. The molecule has 4 aromatic rings. The molecule has 9 heteroatoms. The van der Waals surface area contributed by atoms with E-state index in [-0.39, 0.29) is 6.42 Å². The van der Waals surface area contributed by atoms with Gasteiger partial charge in [-0.25, -0.2) is 4.98 Å². The lowest BCUT2D eigenvalue weighted by atomic mass is 9.54. The molecule has 2 bridgehead atoms. The molecule has 0 spiro atoms. The maximum atomic E-state index is 14.4. The van der Waals surface area contributed by atoms with Crippen molar-refractivity contribution in [3.8, 4) is 0 Å². The van der Waals surface area contributed by atoms with Crippen LogP contribution in [0.2, 0.25) is 0 Å². The lowest BCUT2D eigenvalue weighted by Gasteiger charge is -2.54. The van der Waals surface area contributed by atoms with Gasteiger partial charge in [0.05, 0.1) is 11.8 Å². The van der Waals surface area contributed by atoms with Crippen molar-refractivity contribution in [2.24, 2.45) is 11.8 Å². The number of imide groups is 1. The second-order valence-corrected chi connectivity index (χ2v) is 12.1. The minimum atomic E-state index is -1.31. The van der Waals surface area contributed by atoms with Gasteiger partial charge >= 0.3 is 0 Å². The molecular weight excluding hydrogens is 553 g/mol. The Labute approximate surface area is 238 Å². The summed E-state index contributed by atoms with van der Waals surface area (Å²) in [5, 5.41) is 4.91. The summed E-state index contributed by atoms with van der Waals surface area (Å²) in [5.74, 6) is -3.43. The molecule has 1 N–H and O–H groups in total. The number of halogens is 2. The van der Waals surface area contributed by atoms with Gasteiger partial charge in [0, 0.05) is 18.0 Å². The van der Waals surface area contributed by atoms with Gasteiger partial charge in [-0.2, -0.15) is 0 Å². The Bertz CT molecular complexity index is 1520. The van der Waals surface area contributed by atoms with E-state index in [0.29, 0.717) is 5.13 Å². The normalized spacial score (nSPS) is 27.1. The van der Waals surface area contributed by atoms with Crippen LogP contribution in [-0.4, -0.2) is 33.6 Å². The Morgan fingerprint density at radius 2 is 1.33 bits per heavy atom. The first-order chi connectivity index (χ1) is 18.9. The summed E-state index contributed by atoms with van der Waals surface area (Å²) in [6, 6.07) is 23.1. The third-order valence-electron chi connectivity index (χ3n) is 8.17. The van der Waals surface area contributed by atoms with Gasteiger partial charge in [0.1, 0.15) is 15.8 Å². The van der Waals surface area contributed by atoms with Crippen molar-refractivity contribution in [3.05, 3.63) is 118 Å². The summed E-state index contributed by atoms with van der Waals surface area (Å²) < 4.78 is 0. The van der Waals surface area contributed by atoms with Crippen molar-refractivity contribution in [1.29, 1.82) is 0 Å². The number of nitrogens with one attached hydrogen (secondary N) is 1. The highest BCUT2D eigenvalue weighted by Crippen LogP contribution is 2.69. The fourth-order valence-electron chi connectivity index (χ4n) is 6.61. The summed E-state index contributed by atoms with van der Waals surface area (Å²) in [5.41, 5.74) is 3.68. The first kappa shape index (κ1) is 24.5. The van der Waals surface area contributed by atoms with E-state index in [4.69, 9.17) is 23.2 Å². The number of thiazole rings is 1. The molecule has 4 aliphatic rings. The zero-order chi connectivity index (χ0) is 26.9. The number of hydrogen-bond acceptors (Lipinski definition) is 5. The fraction of sp³-hybridized carbons (Fsp3) is 0.200. The molecule has 3 amide bonds. The van der Waals surface area contributed by atoms with E-state index in [9.17, 15) is 14.4 Å². The Kier molecular flexibility index (Phi) is 5.50. The van der Waals surface area contributed by atoms with Gasteiger partial charge in [0.25, 0.3) is 0 Å². The molecule has 1 aromatic heterocycles. The van der Waals surface area contributed by atoms with Crippen molar-refractivity contribution in [3.63, 3.8) is 0 Å². The van der Waals surface area contributed by atoms with Crippen LogP contribution in [0.1, 0.15) is 27.8 Å². The van der Waals surface area contributed by atoms with E-state index < -0.39 is 45.3 Å². The third kappa shape index (κ3) is 3.27. The van der Waals surface area contributed by atoms with Crippen LogP contribution in [0.5, 0.6) is 0 Å². The maximum absolute atomic E-state index is 14.4. The molecule has 0 radical (unpaired) electrons. The average molecular weight is 574 g/mol. The molecule has 6 nitrogen and oxygen atoms in total. The molecule has 194 valence electrons. The van der Waals surface area contributed by atoms with Gasteiger partial charge in [0.2, 0.25) is 17.7 Å². The van der Waals surface area contributed by atoms with Crippen LogP contribution < -0.4 is 5.32 Å². The van der Waals surface area contributed by atoms with Gasteiger partial charge in [0.15, 0.2) is 5.13 Å². The fourth-order valence-corrected chi connectivity index (χ4v) is 8.24. The van der Waals surface area contributed by atoms with E-state index >= 15 is 0 Å². The van der Waals surface area contributed by atoms with Gasteiger partial charge in [-0.15, -0.1) is 34.5 Å². The van der Waals surface area contributed by atoms with Crippen LogP contribution in [0.3, 0.4) is 0 Å². The molecule has 1 fully saturated rings. The highest BCUT2D eigenvalue weighted by molar-refractivity contribution is 7.13. The Morgan fingerprint density at radius 3 is 1.79 bits per heavy atom. The largest absolute Gasteiger partial charge is 0.300 e. The number of benzene rings is 3. The summed E-state index contributed by atoms with van der Waals surface area (Å²) in [7, 11) is 0. The third-order valence-corrected chi connectivity index (χ3v) is 10.1. The van der Waals surface area contributed by atoms with E-state index in [0.717, 1.165) is 32.7 Å². The minimum Gasteiger partial charge on any atom is -0.300 e. The number of aromatic nitrogens is 1. The molecule has 3 atom stereocenters. The molecule has 0 saturated carbocycles. The number of rotatable bonds is 5. The first-order valence-electron chi connectivity index (χ1n) is 12.6. The van der Waals surface area contributed by atoms with Crippen LogP contribution in [-0.2, 0) is 30.6 Å². The van der Waals surface area contributed by atoms with Crippen molar-refractivity contribution >= 4 is 57.4 Å². The van der Waals surface area contributed by atoms with Gasteiger partial charge < -0.3 is 5.32 Å². The topological polar surface area (TPSA) is 79.4 Å². The highest BCUT2D eigenvalue weighted by atomic mass is 35.5. The van der Waals surface area contributed by atoms with Gasteiger partial charge in [-0.3, -0.25) is 19.3 Å². The predicted octanol–water partition coefficient (Wildman–Crippen LogP) is 5.29. The zero-order valence-electron chi connectivity index (χ0n) is 20.4. The highest BCUT2D eigenvalue weighted by Gasteiger charge is 2.73. The van der Waals surface area contributed by atoms with Crippen LogP contribution in [0, 0.1) is 11.8 Å². The zero-order valence-corrected chi connectivity index (χ0v) is 22.7. The van der Waals surface area contributed by atoms with Crippen molar-refractivity contribution in [2.45, 2.75) is 22.2 Å². The maximum Gasteiger partial charge on any atom is 0.249 e. The number of alkyl halides is 2. The monoisotopic (exact) mass is 573 g/mol. The van der Waals surface area contributed by atoms with Gasteiger partial charge in [-0.05, 0) is 27.8 Å². The number of hydrogen-bond donors (Lipinski definition) is 1. The Morgan fingerprint density at radius 1 is 0.846 bits per heavy atom. The van der Waals surface area contributed by atoms with E-state index in [1.807, 2.05) is 78.9 Å². The van der Waals surface area contributed by atoms with Crippen LogP contribution in [0.15, 0.2) is 90.4 Å². The molecule has 39 heavy (non-hydrogen) atoms. The smallest absolute Gasteiger partial charge is 0.249 e. The molecule has 3 aliphatic carbocycles. The quantitative estimate of drug-likeness (QED) is 0.260. The second kappa shape index (κ2) is 8.74. The van der Waals surface area contributed by atoms with Gasteiger partial charge in [-0.1, -0.05) is 78.9 Å². The van der Waals surface area contributed by atoms with E-state index in [1.54, 1.807) is 11.6 Å². The predicted molar refractivity (Wildman–Crippen MR) is 150 cm³/mol. The Balaban J connectivity index is 1.38. The number of carbonyl (C=O) groups excluding carboxylic acids is 3. The van der Waals surface area contributed by atoms with E-state index in [2.05, 4.69) is 10.3 Å². The number of likely N-dealkylation sites (tertiary alicyclic amines) is 1. The van der Waals surface area contributed by atoms with Crippen LogP contribution in [0.4, 0.5) is 5.13 Å². The standard InChI is InChI=1S/C30H21Cl2N3O3S/c31-29-18-10-4-5-11-19(18)30(32,21-13-7-6-12-20(21)29)24-23(29)26(37)35(27(24)38)22(16-17-8-2-1-3-9-17)25(36)34-28-33-14-15-39-28/h1-15,22-24H,16H2,(H,33,34,36)/t22-,23-,24+,29?,30?/m0/s1. The molecular formula is C30H21Cl2N3O3S. The summed E-state index contributed by atoms with van der Waals surface area (Å²) in [6.07, 6.45) is 1.72. The van der Waals surface area contributed by atoms with Crippen LogP contribution in [0.25, 0.3) is 0 Å². The molecule has 1 aliphatic heterocycles. The van der Waals surface area contributed by atoms with Crippen molar-refractivity contribution in [1.82, 2.24) is 9.88 Å². The summed E-state index contributed by atoms with van der Waals surface area (Å²) >= 11 is 16.3. The number of nitrogens with zero attached hydrogens (tertiary/aromatic N) is 2. The summed E-state index contributed by atoms with van der Waals surface area (Å²) in [6.45, 7) is 0. The molecule has 1 saturated heterocycles. The minimum absolute atomic E-state index is 0.138. The first-order valence-corrected chi connectivity index (χ1v) is 14.2. The number of anilines is 1. The van der Waals surface area contributed by atoms with Crippen molar-refractivity contribution < 1.29 is 14.4 Å². The molecule has 8 rings (SSSR count). The second-order valence-electron chi connectivity index (χ2n) is 10.0. The summed E-state index contributed by atoms with van der Waals surface area (Å²) in [4.78, 5) is 45.2. The van der Waals surface area contributed by atoms with Crippen molar-refractivity contribution in [2.75, 3.05) is 5.32 Å². The lowest BCUT2D eigenvalue weighted by molar-refractivity contribution is -0.146. The molecule has 3 aromatic carbocycles. The average Bonchev–Trinajstić information content (AvgIpc) is 3.56. The molecule has 2 heterocycles. The number of carbonyl (C=O) groups is 3. The van der Waals surface area contributed by atoms with E-state index in [1.165, 1.54) is 11.3 Å². The number of amides is 3. The van der Waals surface area contributed by atoms with Crippen LogP contribution >= 0.6 is 34.5 Å². The Hall–Kier alpha value is -3.52.